The zero-order valence-corrected chi connectivity index (χ0v) is 9.87. The smallest absolute Gasteiger partial charge is 0.0622 e. The van der Waals surface area contributed by atoms with E-state index in [2.05, 4.69) is 17.1 Å². The Hall–Kier alpha value is -0.120. The fourth-order valence-electron chi connectivity index (χ4n) is 2.24. The van der Waals surface area contributed by atoms with Gasteiger partial charge in [-0.1, -0.05) is 6.92 Å². The van der Waals surface area contributed by atoms with Crippen molar-refractivity contribution in [3.05, 3.63) is 0 Å². The summed E-state index contributed by atoms with van der Waals surface area (Å²) in [6, 6.07) is 1.52. The predicted octanol–water partition coefficient (Wildman–Crippen LogP) is 1.24. The summed E-state index contributed by atoms with van der Waals surface area (Å²) in [5, 5.41) is 3.57. The van der Waals surface area contributed by atoms with Gasteiger partial charge in [-0.15, -0.1) is 0 Å². The predicted molar refractivity (Wildman–Crippen MR) is 62.1 cm³/mol. The number of rotatable bonds is 6. The van der Waals surface area contributed by atoms with Gasteiger partial charge in [-0.25, -0.2) is 0 Å². The molecule has 0 aromatic heterocycles. The first-order chi connectivity index (χ1) is 7.40. The van der Waals surface area contributed by atoms with Gasteiger partial charge in [0, 0.05) is 18.6 Å². The minimum atomic E-state index is 0.666. The van der Waals surface area contributed by atoms with E-state index < -0.39 is 0 Å². The second kappa shape index (κ2) is 5.83. The van der Waals surface area contributed by atoms with Crippen LogP contribution in [0.2, 0.25) is 0 Å². The maximum Gasteiger partial charge on any atom is 0.0622 e. The summed E-state index contributed by atoms with van der Waals surface area (Å²) in [6.07, 6.45) is 5.30. The molecule has 2 rings (SSSR count). The van der Waals surface area contributed by atoms with Crippen molar-refractivity contribution in [2.45, 2.75) is 44.7 Å². The maximum atomic E-state index is 5.50. The first-order valence-electron chi connectivity index (χ1n) is 6.45. The molecule has 1 heterocycles. The van der Waals surface area contributed by atoms with Crippen LogP contribution in [0.4, 0.5) is 0 Å². The Morgan fingerprint density at radius 1 is 1.40 bits per heavy atom. The Kier molecular flexibility index (Phi) is 4.42. The Bertz CT molecular complexity index is 182. The zero-order chi connectivity index (χ0) is 10.5. The third-order valence-electron chi connectivity index (χ3n) is 3.45. The van der Waals surface area contributed by atoms with Crippen LogP contribution < -0.4 is 5.32 Å². The highest BCUT2D eigenvalue weighted by Gasteiger charge is 2.22. The molecule has 0 radical (unpaired) electrons. The van der Waals surface area contributed by atoms with Gasteiger partial charge in [-0.2, -0.15) is 0 Å². The highest BCUT2D eigenvalue weighted by molar-refractivity contribution is 4.81. The lowest BCUT2D eigenvalue weighted by Crippen LogP contribution is -2.45. The molecule has 0 aromatic rings. The van der Waals surface area contributed by atoms with E-state index in [1.165, 1.54) is 38.8 Å². The van der Waals surface area contributed by atoms with E-state index in [4.69, 9.17) is 4.74 Å². The van der Waals surface area contributed by atoms with Gasteiger partial charge in [0.2, 0.25) is 0 Å². The molecule has 1 saturated carbocycles. The molecule has 15 heavy (non-hydrogen) atoms. The van der Waals surface area contributed by atoms with E-state index in [-0.39, 0.29) is 0 Å². The van der Waals surface area contributed by atoms with Crippen molar-refractivity contribution in [2.75, 3.05) is 32.8 Å². The highest BCUT2D eigenvalue weighted by atomic mass is 16.5. The molecule has 1 unspecified atom stereocenters. The highest BCUT2D eigenvalue weighted by Crippen LogP contribution is 2.18. The van der Waals surface area contributed by atoms with Crippen LogP contribution in [0.1, 0.15) is 32.6 Å². The van der Waals surface area contributed by atoms with E-state index in [0.29, 0.717) is 6.04 Å². The number of nitrogens with one attached hydrogen (secondary N) is 1. The summed E-state index contributed by atoms with van der Waals surface area (Å²) in [4.78, 5) is 2.60. The summed E-state index contributed by atoms with van der Waals surface area (Å²) in [6.45, 7) is 7.68. The average Bonchev–Trinajstić information content (AvgIpc) is 3.09. The molecule has 2 aliphatic rings. The topological polar surface area (TPSA) is 24.5 Å². The van der Waals surface area contributed by atoms with Gasteiger partial charge in [0.1, 0.15) is 0 Å². The number of hydrogen-bond acceptors (Lipinski definition) is 3. The van der Waals surface area contributed by atoms with Crippen LogP contribution >= 0.6 is 0 Å². The van der Waals surface area contributed by atoms with Crippen LogP contribution in [0.15, 0.2) is 0 Å². The quantitative estimate of drug-likeness (QED) is 0.670. The van der Waals surface area contributed by atoms with Gasteiger partial charge in [-0.05, 0) is 38.8 Å². The van der Waals surface area contributed by atoms with Crippen LogP contribution in [0.5, 0.6) is 0 Å². The number of ether oxygens (including phenoxy) is 1. The third kappa shape index (κ3) is 3.74. The molecule has 0 spiro atoms. The molecule has 88 valence electrons. The fraction of sp³-hybridized carbons (Fsp3) is 1.00. The number of morpholine rings is 1. The Labute approximate surface area is 93.2 Å². The van der Waals surface area contributed by atoms with E-state index >= 15 is 0 Å². The molecule has 3 heteroatoms. The minimum Gasteiger partial charge on any atom is -0.378 e. The summed E-state index contributed by atoms with van der Waals surface area (Å²) in [5.41, 5.74) is 0. The average molecular weight is 212 g/mol. The summed E-state index contributed by atoms with van der Waals surface area (Å²) in [7, 11) is 0. The second-order valence-corrected chi connectivity index (χ2v) is 4.75. The van der Waals surface area contributed by atoms with Crippen molar-refractivity contribution < 1.29 is 4.74 Å². The number of nitrogens with zero attached hydrogens (tertiary/aromatic N) is 1. The van der Waals surface area contributed by atoms with E-state index in [1.54, 1.807) is 0 Å². The Morgan fingerprint density at radius 3 is 3.00 bits per heavy atom. The molecule has 1 atom stereocenters. The van der Waals surface area contributed by atoms with Crippen LogP contribution in [0.3, 0.4) is 0 Å². The lowest BCUT2D eigenvalue weighted by Gasteiger charge is -2.35. The first kappa shape index (κ1) is 11.4. The minimum absolute atomic E-state index is 0.666. The van der Waals surface area contributed by atoms with Crippen LogP contribution in [-0.4, -0.2) is 49.8 Å². The lowest BCUT2D eigenvalue weighted by molar-refractivity contribution is -0.00886. The lowest BCUT2D eigenvalue weighted by atomic mass is 10.1. The molecular weight excluding hydrogens is 188 g/mol. The Morgan fingerprint density at radius 2 is 2.27 bits per heavy atom. The summed E-state index contributed by atoms with van der Waals surface area (Å²) >= 11 is 0. The zero-order valence-electron chi connectivity index (χ0n) is 9.87. The molecule has 0 bridgehead atoms. The van der Waals surface area contributed by atoms with E-state index in [9.17, 15) is 0 Å². The van der Waals surface area contributed by atoms with Crippen molar-refractivity contribution in [1.29, 1.82) is 0 Å². The van der Waals surface area contributed by atoms with Crippen molar-refractivity contribution in [3.8, 4) is 0 Å². The van der Waals surface area contributed by atoms with Crippen molar-refractivity contribution in [1.82, 2.24) is 10.2 Å². The van der Waals surface area contributed by atoms with Crippen LogP contribution in [0, 0.1) is 0 Å². The molecule has 0 amide bonds. The van der Waals surface area contributed by atoms with Crippen LogP contribution in [0.25, 0.3) is 0 Å². The second-order valence-electron chi connectivity index (χ2n) is 4.75. The number of hydrogen-bond donors (Lipinski definition) is 1. The van der Waals surface area contributed by atoms with Crippen molar-refractivity contribution >= 4 is 0 Å². The molecule has 1 aliphatic carbocycles. The summed E-state index contributed by atoms with van der Waals surface area (Å²) < 4.78 is 5.50. The Balaban J connectivity index is 1.58. The van der Waals surface area contributed by atoms with E-state index in [1.807, 2.05) is 0 Å². The molecule has 0 aromatic carbocycles. The monoisotopic (exact) mass is 212 g/mol. The molecule has 3 nitrogen and oxygen atoms in total. The van der Waals surface area contributed by atoms with Crippen molar-refractivity contribution in [2.24, 2.45) is 0 Å². The van der Waals surface area contributed by atoms with Gasteiger partial charge in [0.25, 0.3) is 0 Å². The molecule has 1 saturated heterocycles. The molecule has 2 fully saturated rings. The van der Waals surface area contributed by atoms with E-state index in [0.717, 1.165) is 25.8 Å². The van der Waals surface area contributed by atoms with Gasteiger partial charge >= 0.3 is 0 Å². The van der Waals surface area contributed by atoms with Crippen LogP contribution in [-0.2, 0) is 4.74 Å². The molecule has 1 N–H and O–H groups in total. The largest absolute Gasteiger partial charge is 0.378 e. The van der Waals surface area contributed by atoms with Gasteiger partial charge in [-0.3, -0.25) is 4.90 Å². The van der Waals surface area contributed by atoms with Gasteiger partial charge in [0.05, 0.1) is 13.2 Å². The maximum absolute atomic E-state index is 5.50. The molecule has 1 aliphatic heterocycles. The SMILES string of the molecule is CCC1COCCN1CCCNC1CC1. The fourth-order valence-corrected chi connectivity index (χ4v) is 2.24. The summed E-state index contributed by atoms with van der Waals surface area (Å²) in [5.74, 6) is 0. The standard InChI is InChI=1S/C12H24N2O/c1-2-12-10-15-9-8-14(12)7-3-6-13-11-4-5-11/h11-13H,2-10H2,1H3. The van der Waals surface area contributed by atoms with Gasteiger partial charge < -0.3 is 10.1 Å². The first-order valence-corrected chi connectivity index (χ1v) is 6.45. The van der Waals surface area contributed by atoms with Gasteiger partial charge in [0.15, 0.2) is 0 Å². The van der Waals surface area contributed by atoms with Crippen molar-refractivity contribution in [3.63, 3.8) is 0 Å². The molecular formula is C12H24N2O. The third-order valence-corrected chi connectivity index (χ3v) is 3.45. The normalized spacial score (nSPS) is 28.2.